The summed E-state index contributed by atoms with van der Waals surface area (Å²) in [6.07, 6.45) is 3.32. The molecule has 0 amide bonds. The second-order valence-corrected chi connectivity index (χ2v) is 7.79. The number of hydrogen-bond donors (Lipinski definition) is 0. The molecule has 2 aliphatic rings. The van der Waals surface area contributed by atoms with E-state index in [1.807, 2.05) is 13.0 Å². The van der Waals surface area contributed by atoms with Crippen LogP contribution in [0.2, 0.25) is 0 Å². The fourth-order valence-corrected chi connectivity index (χ4v) is 4.23. The zero-order valence-electron chi connectivity index (χ0n) is 15.2. The third kappa shape index (κ3) is 3.16. The van der Waals surface area contributed by atoms with Gasteiger partial charge in [-0.15, -0.1) is 10.2 Å². The van der Waals surface area contributed by atoms with E-state index in [9.17, 15) is 4.39 Å². The van der Waals surface area contributed by atoms with Gasteiger partial charge in [-0.2, -0.15) is 0 Å². The number of nitrogens with zero attached hydrogens (tertiary/aromatic N) is 4. The molecule has 6 nitrogen and oxygen atoms in total. The van der Waals surface area contributed by atoms with Crippen molar-refractivity contribution in [2.24, 2.45) is 5.41 Å². The minimum absolute atomic E-state index is 0.277. The van der Waals surface area contributed by atoms with Gasteiger partial charge in [0.15, 0.2) is 5.76 Å². The first-order valence-corrected chi connectivity index (χ1v) is 9.35. The van der Waals surface area contributed by atoms with Crippen molar-refractivity contribution in [1.29, 1.82) is 0 Å². The van der Waals surface area contributed by atoms with E-state index in [1.54, 1.807) is 12.1 Å². The van der Waals surface area contributed by atoms with Crippen LogP contribution >= 0.6 is 0 Å². The fourth-order valence-electron chi connectivity index (χ4n) is 4.23. The molecule has 1 saturated heterocycles. The van der Waals surface area contributed by atoms with Crippen molar-refractivity contribution in [2.45, 2.75) is 38.6 Å². The molecule has 7 heteroatoms. The Balaban J connectivity index is 1.22. The van der Waals surface area contributed by atoms with E-state index in [0.717, 1.165) is 50.4 Å². The van der Waals surface area contributed by atoms with Crippen LogP contribution in [0.25, 0.3) is 11.5 Å². The molecule has 3 heterocycles. The lowest BCUT2D eigenvalue weighted by Gasteiger charge is -2.31. The summed E-state index contributed by atoms with van der Waals surface area (Å²) >= 11 is 0. The average Bonchev–Trinajstić information content (AvgIpc) is 2.99. The van der Waals surface area contributed by atoms with Gasteiger partial charge in [-0.1, -0.05) is 11.2 Å². The van der Waals surface area contributed by atoms with E-state index in [-0.39, 0.29) is 11.2 Å². The Kier molecular flexibility index (Phi) is 3.86. The molecule has 1 saturated carbocycles. The van der Waals surface area contributed by atoms with Gasteiger partial charge in [0, 0.05) is 17.5 Å². The van der Waals surface area contributed by atoms with E-state index in [1.165, 1.54) is 12.1 Å². The molecule has 3 aromatic rings. The van der Waals surface area contributed by atoms with Crippen LogP contribution in [0.4, 0.5) is 4.39 Å². The summed E-state index contributed by atoms with van der Waals surface area (Å²) in [6, 6.07) is 8.26. The van der Waals surface area contributed by atoms with Crippen molar-refractivity contribution in [3.63, 3.8) is 0 Å². The fraction of sp³-hybridized carbons (Fsp3) is 0.450. The molecule has 140 valence electrons. The summed E-state index contributed by atoms with van der Waals surface area (Å²) in [5, 5.41) is 12.3. The van der Waals surface area contributed by atoms with E-state index in [0.29, 0.717) is 23.3 Å². The Morgan fingerprint density at radius 1 is 1.22 bits per heavy atom. The van der Waals surface area contributed by atoms with Gasteiger partial charge in [0.2, 0.25) is 11.8 Å². The summed E-state index contributed by atoms with van der Waals surface area (Å²) in [5.74, 6) is 2.03. The van der Waals surface area contributed by atoms with E-state index in [4.69, 9.17) is 8.94 Å². The van der Waals surface area contributed by atoms with Gasteiger partial charge >= 0.3 is 0 Å². The molecule has 0 bridgehead atoms. The van der Waals surface area contributed by atoms with Crippen LogP contribution < -0.4 is 0 Å². The van der Waals surface area contributed by atoms with E-state index >= 15 is 0 Å². The highest BCUT2D eigenvalue weighted by atomic mass is 19.1. The van der Waals surface area contributed by atoms with E-state index < -0.39 is 0 Å². The van der Waals surface area contributed by atoms with Crippen LogP contribution in [0, 0.1) is 18.2 Å². The summed E-state index contributed by atoms with van der Waals surface area (Å²) in [5.41, 5.74) is 1.83. The monoisotopic (exact) mass is 368 g/mol. The predicted octanol–water partition coefficient (Wildman–Crippen LogP) is 3.94. The molecule has 1 spiro atoms. The van der Waals surface area contributed by atoms with Crippen molar-refractivity contribution in [3.8, 4) is 11.5 Å². The zero-order chi connectivity index (χ0) is 18.4. The minimum atomic E-state index is -0.301. The zero-order valence-corrected chi connectivity index (χ0v) is 15.2. The quantitative estimate of drug-likeness (QED) is 0.695. The van der Waals surface area contributed by atoms with Crippen molar-refractivity contribution in [3.05, 3.63) is 53.5 Å². The summed E-state index contributed by atoms with van der Waals surface area (Å²) in [6.45, 7) is 4.81. The molecule has 0 N–H and O–H groups in total. The number of hydrogen-bond acceptors (Lipinski definition) is 6. The van der Waals surface area contributed by atoms with Crippen molar-refractivity contribution in [2.75, 3.05) is 13.1 Å². The van der Waals surface area contributed by atoms with Crippen LogP contribution in [-0.2, 0) is 6.54 Å². The first-order chi connectivity index (χ1) is 13.1. The van der Waals surface area contributed by atoms with Gasteiger partial charge in [-0.25, -0.2) is 4.39 Å². The first-order valence-electron chi connectivity index (χ1n) is 9.35. The van der Waals surface area contributed by atoms with Gasteiger partial charge in [0.05, 0.1) is 12.2 Å². The topological polar surface area (TPSA) is 68.2 Å². The van der Waals surface area contributed by atoms with Gasteiger partial charge in [0.25, 0.3) is 0 Å². The maximum absolute atomic E-state index is 13.4. The summed E-state index contributed by atoms with van der Waals surface area (Å²) in [7, 11) is 0. The van der Waals surface area contributed by atoms with Crippen LogP contribution in [-0.4, -0.2) is 33.3 Å². The summed E-state index contributed by atoms with van der Waals surface area (Å²) in [4.78, 5) is 2.41. The number of benzene rings is 1. The molecule has 27 heavy (non-hydrogen) atoms. The Morgan fingerprint density at radius 2 is 2.07 bits per heavy atom. The van der Waals surface area contributed by atoms with E-state index in [2.05, 4.69) is 20.3 Å². The van der Waals surface area contributed by atoms with Gasteiger partial charge in [0.1, 0.15) is 5.82 Å². The smallest absolute Gasteiger partial charge is 0.247 e. The Bertz CT molecular complexity index is 958. The second-order valence-electron chi connectivity index (χ2n) is 7.79. The molecule has 0 radical (unpaired) electrons. The number of aromatic nitrogens is 3. The molecule has 2 fully saturated rings. The van der Waals surface area contributed by atoms with Gasteiger partial charge < -0.3 is 8.94 Å². The lowest BCUT2D eigenvalue weighted by molar-refractivity contribution is 0.147. The molecule has 0 unspecified atom stereocenters. The van der Waals surface area contributed by atoms with Gasteiger partial charge in [-0.3, -0.25) is 4.90 Å². The third-order valence-electron chi connectivity index (χ3n) is 5.91. The highest BCUT2D eigenvalue weighted by molar-refractivity contribution is 5.52. The number of rotatable bonds is 4. The first kappa shape index (κ1) is 16.6. The molecule has 1 aromatic carbocycles. The largest absolute Gasteiger partial charge is 0.420 e. The van der Waals surface area contributed by atoms with Crippen molar-refractivity contribution < 1.29 is 13.3 Å². The SMILES string of the molecule is Cc1cc(CN2CCC3(CC2)C[C@H]3c2nnc(-c3cccc(F)c3)o2)on1. The standard InChI is InChI=1S/C20H21FN4O2/c1-13-9-16(27-24-13)12-25-7-5-20(6-8-25)11-17(20)19-23-22-18(26-19)14-3-2-4-15(21)10-14/h2-4,9-10,17H,5-8,11-12H2,1H3/t17-/m0/s1. The van der Waals surface area contributed by atoms with Gasteiger partial charge in [-0.05, 0) is 62.9 Å². The minimum Gasteiger partial charge on any atom is -0.420 e. The number of piperidine rings is 1. The van der Waals surface area contributed by atoms with Crippen LogP contribution in [0.5, 0.6) is 0 Å². The molecule has 1 aliphatic heterocycles. The Morgan fingerprint density at radius 3 is 2.81 bits per heavy atom. The maximum Gasteiger partial charge on any atom is 0.247 e. The number of aryl methyl sites for hydroxylation is 1. The molecule has 2 aromatic heterocycles. The second kappa shape index (κ2) is 6.27. The number of halogens is 1. The van der Waals surface area contributed by atoms with Crippen LogP contribution in [0.15, 0.2) is 39.3 Å². The highest BCUT2D eigenvalue weighted by Gasteiger charge is 2.58. The van der Waals surface area contributed by atoms with Crippen LogP contribution in [0.1, 0.15) is 42.5 Å². The predicted molar refractivity (Wildman–Crippen MR) is 95.2 cm³/mol. The lowest BCUT2D eigenvalue weighted by atomic mass is 9.90. The molecule has 1 atom stereocenters. The summed E-state index contributed by atoms with van der Waals surface area (Å²) < 4.78 is 24.6. The Hall–Kier alpha value is -2.54. The molecular weight excluding hydrogens is 347 g/mol. The highest BCUT2D eigenvalue weighted by Crippen LogP contribution is 2.64. The van der Waals surface area contributed by atoms with Crippen molar-refractivity contribution >= 4 is 0 Å². The van der Waals surface area contributed by atoms with Crippen molar-refractivity contribution in [1.82, 2.24) is 20.3 Å². The normalized spacial score (nSPS) is 21.6. The maximum atomic E-state index is 13.4. The molecular formula is C20H21FN4O2. The number of likely N-dealkylation sites (tertiary alicyclic amines) is 1. The average molecular weight is 368 g/mol. The molecule has 5 rings (SSSR count). The third-order valence-corrected chi connectivity index (χ3v) is 5.91. The molecule has 1 aliphatic carbocycles. The lowest BCUT2D eigenvalue weighted by Crippen LogP contribution is -2.34. The van der Waals surface area contributed by atoms with Crippen LogP contribution in [0.3, 0.4) is 0 Å². The Labute approximate surface area is 156 Å².